The lowest BCUT2D eigenvalue weighted by Gasteiger charge is -2.09. The van der Waals surface area contributed by atoms with E-state index in [4.69, 9.17) is 17.3 Å². The Hall–Kier alpha value is -1.31. The number of benzene rings is 1. The maximum absolute atomic E-state index is 12.0. The molecule has 110 valence electrons. The molecule has 0 heterocycles. The van der Waals surface area contributed by atoms with Gasteiger partial charge in [-0.05, 0) is 31.0 Å². The van der Waals surface area contributed by atoms with Crippen LogP contribution in [-0.4, -0.2) is 26.9 Å². The molecule has 0 bridgehead atoms. The normalized spacial score (nSPS) is 15.1. The first-order chi connectivity index (χ1) is 9.38. The summed E-state index contributed by atoms with van der Waals surface area (Å²) in [5.41, 5.74) is 5.71. The molecular weight excluding hydrogens is 302 g/mol. The van der Waals surface area contributed by atoms with Crippen LogP contribution < -0.4 is 15.8 Å². The van der Waals surface area contributed by atoms with Gasteiger partial charge in [-0.1, -0.05) is 11.6 Å². The van der Waals surface area contributed by atoms with Crippen molar-refractivity contribution in [2.75, 3.05) is 12.3 Å². The van der Waals surface area contributed by atoms with Crippen molar-refractivity contribution in [3.63, 3.8) is 0 Å². The third-order valence-corrected chi connectivity index (χ3v) is 4.62. The standard InChI is InChI=1S/C12H16ClN3O3S/c13-8-1-4-11(10(14)7-8)20(18,19)15-6-5-12(17)16-9-2-3-9/h1,4,7,9,15H,2-3,5-6,14H2,(H,16,17). The van der Waals surface area contributed by atoms with Gasteiger partial charge in [-0.15, -0.1) is 0 Å². The Balaban J connectivity index is 1.91. The fourth-order valence-electron chi connectivity index (χ4n) is 1.67. The highest BCUT2D eigenvalue weighted by atomic mass is 35.5. The fraction of sp³-hybridized carbons (Fsp3) is 0.417. The number of nitrogen functional groups attached to an aromatic ring is 1. The van der Waals surface area contributed by atoms with Crippen LogP contribution in [0.15, 0.2) is 23.1 Å². The first-order valence-corrected chi connectivity index (χ1v) is 8.08. The van der Waals surface area contributed by atoms with E-state index in [-0.39, 0.29) is 35.5 Å². The molecule has 1 amide bonds. The Bertz CT molecular complexity index is 614. The van der Waals surface area contributed by atoms with Gasteiger partial charge >= 0.3 is 0 Å². The van der Waals surface area contributed by atoms with Crippen LogP contribution in [0.2, 0.25) is 5.02 Å². The van der Waals surface area contributed by atoms with Gasteiger partial charge < -0.3 is 11.1 Å². The lowest BCUT2D eigenvalue weighted by Crippen LogP contribution is -2.32. The topological polar surface area (TPSA) is 101 Å². The highest BCUT2D eigenvalue weighted by molar-refractivity contribution is 7.89. The number of halogens is 1. The third-order valence-electron chi connectivity index (χ3n) is 2.85. The molecule has 0 atom stereocenters. The monoisotopic (exact) mass is 317 g/mol. The molecule has 0 unspecified atom stereocenters. The smallest absolute Gasteiger partial charge is 0.242 e. The largest absolute Gasteiger partial charge is 0.398 e. The van der Waals surface area contributed by atoms with Gasteiger partial charge in [0.25, 0.3) is 0 Å². The van der Waals surface area contributed by atoms with Gasteiger partial charge in [-0.25, -0.2) is 13.1 Å². The number of hydrogen-bond donors (Lipinski definition) is 3. The van der Waals surface area contributed by atoms with E-state index < -0.39 is 10.0 Å². The van der Waals surface area contributed by atoms with E-state index in [2.05, 4.69) is 10.0 Å². The predicted octanol–water partition coefficient (Wildman–Crippen LogP) is 0.869. The molecule has 8 heteroatoms. The van der Waals surface area contributed by atoms with E-state index in [0.717, 1.165) is 12.8 Å². The van der Waals surface area contributed by atoms with Crippen molar-refractivity contribution in [2.24, 2.45) is 0 Å². The van der Waals surface area contributed by atoms with Crippen molar-refractivity contribution in [3.05, 3.63) is 23.2 Å². The van der Waals surface area contributed by atoms with Gasteiger partial charge in [0.2, 0.25) is 15.9 Å². The third kappa shape index (κ3) is 4.09. The lowest BCUT2D eigenvalue weighted by molar-refractivity contribution is -0.121. The van der Waals surface area contributed by atoms with Gasteiger partial charge in [-0.3, -0.25) is 4.79 Å². The van der Waals surface area contributed by atoms with Gasteiger partial charge in [0.15, 0.2) is 0 Å². The number of nitrogens with one attached hydrogen (secondary N) is 2. The Morgan fingerprint density at radius 1 is 1.40 bits per heavy atom. The Morgan fingerprint density at radius 2 is 2.10 bits per heavy atom. The highest BCUT2D eigenvalue weighted by Crippen LogP contribution is 2.22. The Labute approximate surface area is 122 Å². The zero-order valence-electron chi connectivity index (χ0n) is 10.7. The molecule has 0 aliphatic heterocycles. The predicted molar refractivity (Wildman–Crippen MR) is 76.8 cm³/mol. The average Bonchev–Trinajstić information content (AvgIpc) is 3.11. The van der Waals surface area contributed by atoms with E-state index >= 15 is 0 Å². The van der Waals surface area contributed by atoms with Crippen LogP contribution in [0.25, 0.3) is 0 Å². The van der Waals surface area contributed by atoms with E-state index in [0.29, 0.717) is 5.02 Å². The number of carbonyl (C=O) groups excluding carboxylic acids is 1. The number of sulfonamides is 1. The minimum atomic E-state index is -3.73. The first-order valence-electron chi connectivity index (χ1n) is 6.22. The van der Waals surface area contributed by atoms with Crippen LogP contribution in [0.3, 0.4) is 0 Å². The van der Waals surface area contributed by atoms with Gasteiger partial charge in [0, 0.05) is 24.0 Å². The lowest BCUT2D eigenvalue weighted by atomic mass is 10.3. The van der Waals surface area contributed by atoms with E-state index in [1.807, 2.05) is 0 Å². The molecule has 1 fully saturated rings. The number of hydrogen-bond acceptors (Lipinski definition) is 4. The van der Waals surface area contributed by atoms with Crippen molar-refractivity contribution < 1.29 is 13.2 Å². The molecule has 20 heavy (non-hydrogen) atoms. The molecule has 0 aromatic heterocycles. The molecule has 1 aliphatic carbocycles. The molecule has 6 nitrogen and oxygen atoms in total. The maximum atomic E-state index is 12.0. The summed E-state index contributed by atoms with van der Waals surface area (Å²) in [5.74, 6) is -0.153. The SMILES string of the molecule is Nc1cc(Cl)ccc1S(=O)(=O)NCCC(=O)NC1CC1. The number of anilines is 1. The molecule has 0 spiro atoms. The quantitative estimate of drug-likeness (QED) is 0.677. The second kappa shape index (κ2) is 5.99. The van der Waals surface area contributed by atoms with E-state index in [1.54, 1.807) is 0 Å². The van der Waals surface area contributed by atoms with Crippen molar-refractivity contribution in [1.82, 2.24) is 10.0 Å². The minimum Gasteiger partial charge on any atom is -0.398 e. The minimum absolute atomic E-state index is 0.0307. The summed E-state index contributed by atoms with van der Waals surface area (Å²) in [4.78, 5) is 11.4. The first kappa shape index (κ1) is 15.1. The zero-order valence-corrected chi connectivity index (χ0v) is 12.3. The van der Waals surface area contributed by atoms with Crippen LogP contribution in [0.4, 0.5) is 5.69 Å². The Morgan fingerprint density at radius 3 is 2.70 bits per heavy atom. The summed E-state index contributed by atoms with van der Waals surface area (Å²) in [7, 11) is -3.73. The molecule has 0 saturated heterocycles. The number of rotatable bonds is 6. The van der Waals surface area contributed by atoms with Crippen LogP contribution >= 0.6 is 11.6 Å². The second-order valence-corrected chi connectivity index (χ2v) is 6.84. The van der Waals surface area contributed by atoms with Crippen molar-refractivity contribution >= 4 is 33.2 Å². The van der Waals surface area contributed by atoms with Crippen LogP contribution in [0.5, 0.6) is 0 Å². The summed E-state index contributed by atoms with van der Waals surface area (Å²) < 4.78 is 26.4. The summed E-state index contributed by atoms with van der Waals surface area (Å²) in [5, 5.41) is 3.15. The highest BCUT2D eigenvalue weighted by Gasteiger charge is 2.23. The molecule has 1 aromatic rings. The van der Waals surface area contributed by atoms with E-state index in [1.165, 1.54) is 18.2 Å². The summed E-state index contributed by atoms with van der Waals surface area (Å²) in [6.45, 7) is 0.0307. The van der Waals surface area contributed by atoms with Crippen LogP contribution in [-0.2, 0) is 14.8 Å². The van der Waals surface area contributed by atoms with Crippen LogP contribution in [0.1, 0.15) is 19.3 Å². The molecule has 2 rings (SSSR count). The van der Waals surface area contributed by atoms with Crippen molar-refractivity contribution in [2.45, 2.75) is 30.2 Å². The van der Waals surface area contributed by atoms with Crippen LogP contribution in [0, 0.1) is 0 Å². The summed E-state index contributed by atoms with van der Waals surface area (Å²) in [6, 6.07) is 4.43. The van der Waals surface area contributed by atoms with Crippen molar-refractivity contribution in [3.8, 4) is 0 Å². The summed E-state index contributed by atoms with van der Waals surface area (Å²) in [6.07, 6.45) is 2.10. The average molecular weight is 318 g/mol. The van der Waals surface area contributed by atoms with Gasteiger partial charge in [0.05, 0.1) is 5.69 Å². The zero-order chi connectivity index (χ0) is 14.8. The number of amides is 1. The molecule has 1 aromatic carbocycles. The molecule has 1 aliphatic rings. The molecular formula is C12H16ClN3O3S. The molecule has 0 radical (unpaired) electrons. The van der Waals surface area contributed by atoms with Gasteiger partial charge in [0.1, 0.15) is 4.90 Å². The van der Waals surface area contributed by atoms with E-state index in [9.17, 15) is 13.2 Å². The molecule has 4 N–H and O–H groups in total. The Kier molecular flexibility index (Phi) is 4.52. The summed E-state index contributed by atoms with van der Waals surface area (Å²) >= 11 is 5.72. The number of nitrogens with two attached hydrogens (primary N) is 1. The maximum Gasteiger partial charge on any atom is 0.242 e. The molecule has 1 saturated carbocycles. The number of carbonyl (C=O) groups is 1. The second-order valence-electron chi connectivity index (χ2n) is 4.67. The van der Waals surface area contributed by atoms with Gasteiger partial charge in [-0.2, -0.15) is 0 Å². The van der Waals surface area contributed by atoms with Crippen molar-refractivity contribution in [1.29, 1.82) is 0 Å². The fourth-order valence-corrected chi connectivity index (χ4v) is 2.99.